The highest BCUT2D eigenvalue weighted by molar-refractivity contribution is 4.51. The molecule has 0 bridgehead atoms. The molecule has 0 radical (unpaired) electrons. The van der Waals surface area contributed by atoms with Crippen molar-refractivity contribution in [2.45, 2.75) is 90.6 Å². The molecule has 104 valence electrons. The van der Waals surface area contributed by atoms with E-state index in [-0.39, 0.29) is 6.10 Å². The van der Waals surface area contributed by atoms with E-state index < -0.39 is 0 Å². The fourth-order valence-electron chi connectivity index (χ4n) is 2.13. The second-order valence-electron chi connectivity index (χ2n) is 5.04. The van der Waals surface area contributed by atoms with Crippen LogP contribution < -0.4 is 0 Å². The van der Waals surface area contributed by atoms with E-state index in [1.807, 2.05) is 0 Å². The maximum Gasteiger partial charge on any atom is 0.0901 e. The molecule has 0 aromatic heterocycles. The van der Waals surface area contributed by atoms with Gasteiger partial charge in [0, 0.05) is 0 Å². The Labute approximate surface area is 108 Å². The van der Waals surface area contributed by atoms with Crippen LogP contribution in [0.5, 0.6) is 0 Å². The molecular formula is C15H32O2. The topological polar surface area (TPSA) is 18.5 Å². The summed E-state index contributed by atoms with van der Waals surface area (Å²) in [6, 6.07) is 0. The van der Waals surface area contributed by atoms with Gasteiger partial charge in [0.15, 0.2) is 0 Å². The Bertz CT molecular complexity index is 137. The molecule has 0 saturated carbocycles. The summed E-state index contributed by atoms with van der Waals surface area (Å²) in [6.45, 7) is 4.34. The third-order valence-corrected chi connectivity index (χ3v) is 3.22. The summed E-state index contributed by atoms with van der Waals surface area (Å²) in [4.78, 5) is 9.67. The molecule has 0 rings (SSSR count). The van der Waals surface area contributed by atoms with Crippen molar-refractivity contribution in [1.29, 1.82) is 0 Å². The maximum atomic E-state index is 5.02. The molecule has 0 aromatic rings. The fourth-order valence-corrected chi connectivity index (χ4v) is 2.13. The van der Waals surface area contributed by atoms with Crippen LogP contribution in [-0.4, -0.2) is 13.2 Å². The molecule has 0 heterocycles. The first kappa shape index (κ1) is 16.9. The summed E-state index contributed by atoms with van der Waals surface area (Å²) in [7, 11) is 1.58. The molecule has 17 heavy (non-hydrogen) atoms. The third kappa shape index (κ3) is 13.9. The van der Waals surface area contributed by atoms with Crippen LogP contribution in [0, 0.1) is 0 Å². The lowest BCUT2D eigenvalue weighted by molar-refractivity contribution is -0.301. The van der Waals surface area contributed by atoms with E-state index in [0.29, 0.717) is 0 Å². The summed E-state index contributed by atoms with van der Waals surface area (Å²) < 4.78 is 0. The molecular weight excluding hydrogens is 212 g/mol. The van der Waals surface area contributed by atoms with Gasteiger partial charge in [-0.25, -0.2) is 9.78 Å². The van der Waals surface area contributed by atoms with Crippen molar-refractivity contribution in [3.8, 4) is 0 Å². The monoisotopic (exact) mass is 244 g/mol. The first-order valence-electron chi connectivity index (χ1n) is 7.50. The predicted octanol–water partition coefficient (Wildman–Crippen LogP) is 5.26. The molecule has 1 atom stereocenters. The second kappa shape index (κ2) is 14.0. The van der Waals surface area contributed by atoms with Crippen molar-refractivity contribution in [2.24, 2.45) is 0 Å². The zero-order valence-corrected chi connectivity index (χ0v) is 12.2. The molecule has 0 aliphatic rings. The van der Waals surface area contributed by atoms with E-state index in [1.54, 1.807) is 7.11 Å². The summed E-state index contributed by atoms with van der Waals surface area (Å²) in [5, 5.41) is 0. The molecule has 1 unspecified atom stereocenters. The fraction of sp³-hybridized carbons (Fsp3) is 1.00. The van der Waals surface area contributed by atoms with Crippen molar-refractivity contribution in [2.75, 3.05) is 7.11 Å². The van der Waals surface area contributed by atoms with E-state index in [2.05, 4.69) is 18.7 Å². The molecule has 2 heteroatoms. The van der Waals surface area contributed by atoms with Crippen molar-refractivity contribution < 1.29 is 9.78 Å². The zero-order chi connectivity index (χ0) is 12.8. The largest absolute Gasteiger partial charge is 0.240 e. The van der Waals surface area contributed by atoms with Crippen molar-refractivity contribution >= 4 is 0 Å². The van der Waals surface area contributed by atoms with Crippen LogP contribution in [0.15, 0.2) is 0 Å². The molecule has 2 nitrogen and oxygen atoms in total. The lowest BCUT2D eigenvalue weighted by Crippen LogP contribution is -2.06. The van der Waals surface area contributed by atoms with E-state index in [0.717, 1.165) is 6.42 Å². The Hall–Kier alpha value is -0.0800. The molecule has 0 saturated heterocycles. The average molecular weight is 244 g/mol. The Morgan fingerprint density at radius 2 is 1.24 bits per heavy atom. The molecule has 0 N–H and O–H groups in total. The smallest absolute Gasteiger partial charge is 0.0901 e. The molecule has 0 aliphatic carbocycles. The van der Waals surface area contributed by atoms with E-state index >= 15 is 0 Å². The summed E-state index contributed by atoms with van der Waals surface area (Å²) in [6.07, 6.45) is 15.2. The SMILES string of the molecule is CCCCCCCCCCCCC(C)OOC. The average Bonchev–Trinajstić information content (AvgIpc) is 2.32. The first-order chi connectivity index (χ1) is 8.31. The van der Waals surface area contributed by atoms with Crippen molar-refractivity contribution in [3.05, 3.63) is 0 Å². The maximum absolute atomic E-state index is 5.02. The minimum Gasteiger partial charge on any atom is -0.240 e. The van der Waals surface area contributed by atoms with Crippen LogP contribution in [0.1, 0.15) is 84.5 Å². The highest BCUT2D eigenvalue weighted by Gasteiger charge is 2.01. The van der Waals surface area contributed by atoms with Crippen LogP contribution in [0.4, 0.5) is 0 Å². The molecule has 0 aromatic carbocycles. The summed E-state index contributed by atoms with van der Waals surface area (Å²) in [5.41, 5.74) is 0. The van der Waals surface area contributed by atoms with Gasteiger partial charge in [-0.2, -0.15) is 0 Å². The van der Waals surface area contributed by atoms with Gasteiger partial charge < -0.3 is 0 Å². The molecule has 0 aliphatic heterocycles. The van der Waals surface area contributed by atoms with Crippen molar-refractivity contribution in [1.82, 2.24) is 0 Å². The highest BCUT2D eigenvalue weighted by Crippen LogP contribution is 2.12. The van der Waals surface area contributed by atoms with Gasteiger partial charge in [0.05, 0.1) is 13.2 Å². The van der Waals surface area contributed by atoms with Gasteiger partial charge in [0.25, 0.3) is 0 Å². The van der Waals surface area contributed by atoms with Crippen molar-refractivity contribution in [3.63, 3.8) is 0 Å². The number of rotatable bonds is 13. The summed E-state index contributed by atoms with van der Waals surface area (Å²) in [5.74, 6) is 0. The van der Waals surface area contributed by atoms with E-state index in [4.69, 9.17) is 4.89 Å². The normalized spacial score (nSPS) is 12.9. The first-order valence-corrected chi connectivity index (χ1v) is 7.50. The quantitative estimate of drug-likeness (QED) is 0.250. The van der Waals surface area contributed by atoms with Gasteiger partial charge in [-0.05, 0) is 13.3 Å². The minimum absolute atomic E-state index is 0.244. The standard InChI is InChI=1S/C15H32O2/c1-4-5-6-7-8-9-10-11-12-13-14-15(2)17-16-3/h15H,4-14H2,1-3H3. The van der Waals surface area contributed by atoms with E-state index in [1.165, 1.54) is 64.2 Å². The van der Waals surface area contributed by atoms with Gasteiger partial charge in [0.2, 0.25) is 0 Å². The Balaban J connectivity index is 2.98. The predicted molar refractivity (Wildman–Crippen MR) is 74.0 cm³/mol. The third-order valence-electron chi connectivity index (χ3n) is 3.22. The van der Waals surface area contributed by atoms with E-state index in [9.17, 15) is 0 Å². The van der Waals surface area contributed by atoms with Gasteiger partial charge in [-0.15, -0.1) is 0 Å². The number of unbranched alkanes of at least 4 members (excludes halogenated alkanes) is 9. The van der Waals surface area contributed by atoms with Crippen LogP contribution in [-0.2, 0) is 9.78 Å². The van der Waals surface area contributed by atoms with Gasteiger partial charge in [-0.3, -0.25) is 0 Å². The Morgan fingerprint density at radius 1 is 0.765 bits per heavy atom. The van der Waals surface area contributed by atoms with Gasteiger partial charge in [0.1, 0.15) is 0 Å². The summed E-state index contributed by atoms with van der Waals surface area (Å²) >= 11 is 0. The zero-order valence-electron chi connectivity index (χ0n) is 12.2. The highest BCUT2D eigenvalue weighted by atomic mass is 17.2. The minimum atomic E-state index is 0.244. The number of hydrogen-bond donors (Lipinski definition) is 0. The second-order valence-corrected chi connectivity index (χ2v) is 5.04. The van der Waals surface area contributed by atoms with Crippen LogP contribution in [0.2, 0.25) is 0 Å². The van der Waals surface area contributed by atoms with Gasteiger partial charge >= 0.3 is 0 Å². The molecule has 0 amide bonds. The molecule has 0 fully saturated rings. The van der Waals surface area contributed by atoms with Crippen LogP contribution in [0.25, 0.3) is 0 Å². The lowest BCUT2D eigenvalue weighted by atomic mass is 10.1. The Morgan fingerprint density at radius 3 is 1.71 bits per heavy atom. The lowest BCUT2D eigenvalue weighted by Gasteiger charge is -2.09. The van der Waals surface area contributed by atoms with Crippen LogP contribution >= 0.6 is 0 Å². The van der Waals surface area contributed by atoms with Gasteiger partial charge in [-0.1, -0.05) is 71.1 Å². The van der Waals surface area contributed by atoms with Crippen LogP contribution in [0.3, 0.4) is 0 Å². The Kier molecular flexibility index (Phi) is 13.9. The number of hydrogen-bond acceptors (Lipinski definition) is 2. The molecule has 0 spiro atoms.